The molecular weight excluding hydrogens is 290 g/mol. The van der Waals surface area contributed by atoms with Crippen LogP contribution in [0.3, 0.4) is 0 Å². The van der Waals surface area contributed by atoms with Gasteiger partial charge in [0, 0.05) is 6.26 Å². The molecule has 0 saturated heterocycles. The summed E-state index contributed by atoms with van der Waals surface area (Å²) < 4.78 is 23.6. The van der Waals surface area contributed by atoms with E-state index in [1.807, 2.05) is 0 Å². The Balaban J connectivity index is 2.37. The van der Waals surface area contributed by atoms with Crippen molar-refractivity contribution in [2.24, 2.45) is 21.0 Å². The van der Waals surface area contributed by atoms with E-state index in [1.54, 1.807) is 6.92 Å². The Labute approximate surface area is 117 Å². The number of hydrogen-bond acceptors (Lipinski definition) is 6. The zero-order valence-electron chi connectivity index (χ0n) is 10.7. The molecule has 106 valence electrons. The van der Waals surface area contributed by atoms with Crippen LogP contribution >= 0.6 is 11.6 Å². The molecule has 0 aromatic carbocycles. The summed E-state index contributed by atoms with van der Waals surface area (Å²) in [7, 11) is -3.42. The summed E-state index contributed by atoms with van der Waals surface area (Å²) in [6, 6.07) is 0.240. The summed E-state index contributed by atoms with van der Waals surface area (Å²) in [5.41, 5.74) is 2.58. The predicted molar refractivity (Wildman–Crippen MR) is 76.3 cm³/mol. The second-order valence-electron chi connectivity index (χ2n) is 4.58. The molecule has 0 bridgehead atoms. The number of amidine groups is 2. The lowest BCUT2D eigenvalue weighted by Gasteiger charge is -2.16. The van der Waals surface area contributed by atoms with Gasteiger partial charge in [-0.15, -0.1) is 0 Å². The van der Waals surface area contributed by atoms with Crippen LogP contribution in [0.1, 0.15) is 19.8 Å². The van der Waals surface area contributed by atoms with Crippen molar-refractivity contribution < 1.29 is 8.42 Å². The van der Waals surface area contributed by atoms with Crippen molar-refractivity contribution in [2.75, 3.05) is 12.9 Å². The van der Waals surface area contributed by atoms with E-state index in [0.717, 1.165) is 19.1 Å². The third-order valence-electron chi connectivity index (χ3n) is 2.74. The molecule has 2 aliphatic rings. The highest BCUT2D eigenvalue weighted by atomic mass is 35.5. The minimum Gasteiger partial charge on any atom is -0.319 e. The first-order valence-electron chi connectivity index (χ1n) is 5.93. The van der Waals surface area contributed by atoms with Gasteiger partial charge in [-0.05, 0) is 31.4 Å². The molecule has 2 N–H and O–H groups in total. The van der Waals surface area contributed by atoms with E-state index >= 15 is 0 Å². The van der Waals surface area contributed by atoms with Crippen LogP contribution in [0.2, 0.25) is 0 Å². The van der Waals surface area contributed by atoms with Gasteiger partial charge in [0.2, 0.25) is 0 Å². The van der Waals surface area contributed by atoms with Gasteiger partial charge in [-0.25, -0.2) is 13.4 Å². The molecule has 2 rings (SSSR count). The first kappa shape index (κ1) is 14.3. The molecule has 0 aromatic heterocycles. The molecule has 0 aromatic rings. The van der Waals surface area contributed by atoms with Crippen molar-refractivity contribution in [1.29, 1.82) is 0 Å². The molecule has 1 aliphatic heterocycles. The highest BCUT2D eigenvalue weighted by Gasteiger charge is 2.30. The molecule has 0 amide bonds. The van der Waals surface area contributed by atoms with Crippen LogP contribution in [-0.2, 0) is 9.84 Å². The second kappa shape index (κ2) is 5.46. The summed E-state index contributed by atoms with van der Waals surface area (Å²) >= 11 is 5.91. The fourth-order valence-corrected chi connectivity index (χ4v) is 2.77. The first-order chi connectivity index (χ1) is 8.88. The lowest BCUT2D eigenvalue weighted by molar-refractivity contribution is 0.610. The van der Waals surface area contributed by atoms with Gasteiger partial charge in [-0.3, -0.25) is 10.4 Å². The predicted octanol–water partition coefficient (Wildman–Crippen LogP) is 0.287. The molecule has 1 heterocycles. The summed E-state index contributed by atoms with van der Waals surface area (Å²) in [6.45, 7) is 1.83. The molecule has 7 nitrogen and oxygen atoms in total. The number of hydrogen-bond donors (Lipinski definition) is 2. The Morgan fingerprint density at radius 1 is 1.42 bits per heavy atom. The van der Waals surface area contributed by atoms with Crippen LogP contribution in [0.25, 0.3) is 0 Å². The summed E-state index contributed by atoms with van der Waals surface area (Å²) in [6.07, 6.45) is 3.14. The van der Waals surface area contributed by atoms with Crippen molar-refractivity contribution in [1.82, 2.24) is 10.7 Å². The third kappa shape index (κ3) is 3.90. The number of nitrogens with zero attached hydrogens (tertiary/aromatic N) is 3. The van der Waals surface area contributed by atoms with Crippen LogP contribution in [0, 0.1) is 5.92 Å². The maximum atomic E-state index is 11.8. The van der Waals surface area contributed by atoms with Crippen LogP contribution in [0.4, 0.5) is 0 Å². The molecule has 1 saturated carbocycles. The zero-order valence-corrected chi connectivity index (χ0v) is 12.3. The highest BCUT2D eigenvalue weighted by molar-refractivity contribution is 8.05. The van der Waals surface area contributed by atoms with Gasteiger partial charge < -0.3 is 5.32 Å². The van der Waals surface area contributed by atoms with E-state index in [-0.39, 0.29) is 23.0 Å². The lowest BCUT2D eigenvalue weighted by Crippen LogP contribution is -2.38. The summed E-state index contributed by atoms with van der Waals surface area (Å²) in [5, 5.41) is 6.96. The fourth-order valence-electron chi connectivity index (χ4n) is 1.63. The van der Waals surface area contributed by atoms with E-state index in [9.17, 15) is 8.42 Å². The summed E-state index contributed by atoms with van der Waals surface area (Å²) in [5.74, 6) is -0.00530. The van der Waals surface area contributed by atoms with Crippen LogP contribution in [0.5, 0.6) is 0 Å². The molecular formula is C10H16ClN5O2S. The van der Waals surface area contributed by atoms with Gasteiger partial charge in [-0.2, -0.15) is 5.10 Å². The van der Waals surface area contributed by atoms with Gasteiger partial charge in [0.15, 0.2) is 20.2 Å². The normalized spacial score (nSPS) is 32.8. The molecule has 1 fully saturated rings. The van der Waals surface area contributed by atoms with Gasteiger partial charge >= 0.3 is 0 Å². The van der Waals surface area contributed by atoms with Crippen LogP contribution in [-0.4, -0.2) is 43.6 Å². The van der Waals surface area contributed by atoms with Crippen molar-refractivity contribution in [2.45, 2.75) is 25.8 Å². The molecule has 0 spiro atoms. The van der Waals surface area contributed by atoms with Gasteiger partial charge in [-0.1, -0.05) is 0 Å². The van der Waals surface area contributed by atoms with E-state index < -0.39 is 15.8 Å². The number of aliphatic imine (C=N–C) groups is 2. The SMILES string of the molecule is CC1C(=NC2CC2)N/C(Cl)=N\CN/N=C\1S(C)(=O)=O. The Morgan fingerprint density at radius 2 is 2.11 bits per heavy atom. The molecule has 1 atom stereocenters. The highest BCUT2D eigenvalue weighted by Crippen LogP contribution is 2.24. The third-order valence-corrected chi connectivity index (χ3v) is 4.16. The Kier molecular flexibility index (Phi) is 4.10. The van der Waals surface area contributed by atoms with Crippen molar-refractivity contribution in [3.05, 3.63) is 0 Å². The lowest BCUT2D eigenvalue weighted by atomic mass is 10.2. The topological polar surface area (TPSA) is 95.3 Å². The molecule has 1 unspecified atom stereocenters. The standard InChI is InChI=1S/C10H16ClN5O2S/c1-6-8(14-7-3-4-7)15-10(11)12-5-13-16-9(6)19(2,17)18/h6-7,13H,3-5H2,1-2H3,(H,12,14,15)/b16-9+. The molecule has 0 radical (unpaired) electrons. The zero-order chi connectivity index (χ0) is 14.0. The van der Waals surface area contributed by atoms with Crippen LogP contribution in [0.15, 0.2) is 15.1 Å². The van der Waals surface area contributed by atoms with E-state index in [2.05, 4.69) is 25.8 Å². The fraction of sp³-hybridized carbons (Fsp3) is 0.700. The first-order valence-corrected chi connectivity index (χ1v) is 8.20. The van der Waals surface area contributed by atoms with E-state index in [4.69, 9.17) is 11.6 Å². The maximum absolute atomic E-state index is 11.8. The Hall–Kier alpha value is -1.15. The number of nitrogens with one attached hydrogen (secondary N) is 2. The van der Waals surface area contributed by atoms with Gasteiger partial charge in [0.05, 0.1) is 12.0 Å². The van der Waals surface area contributed by atoms with Crippen molar-refractivity contribution in [3.63, 3.8) is 0 Å². The smallest absolute Gasteiger partial charge is 0.198 e. The van der Waals surface area contributed by atoms with Gasteiger partial charge in [0.25, 0.3) is 0 Å². The monoisotopic (exact) mass is 305 g/mol. The number of halogens is 1. The average molecular weight is 306 g/mol. The number of sulfone groups is 1. The minimum absolute atomic E-state index is 0.0287. The number of rotatable bonds is 1. The number of hydrazone groups is 1. The van der Waals surface area contributed by atoms with E-state index in [0.29, 0.717) is 5.84 Å². The second-order valence-corrected chi connectivity index (χ2v) is 6.90. The van der Waals surface area contributed by atoms with E-state index in [1.165, 1.54) is 0 Å². The Morgan fingerprint density at radius 3 is 2.68 bits per heavy atom. The van der Waals surface area contributed by atoms with Crippen LogP contribution < -0.4 is 10.7 Å². The summed E-state index contributed by atoms with van der Waals surface area (Å²) in [4.78, 5) is 8.40. The van der Waals surface area contributed by atoms with Crippen molar-refractivity contribution >= 4 is 37.6 Å². The minimum atomic E-state index is -3.42. The molecule has 1 aliphatic carbocycles. The average Bonchev–Trinajstić information content (AvgIpc) is 3.08. The molecule has 9 heteroatoms. The van der Waals surface area contributed by atoms with Gasteiger partial charge in [0.1, 0.15) is 12.5 Å². The largest absolute Gasteiger partial charge is 0.319 e. The molecule has 19 heavy (non-hydrogen) atoms. The maximum Gasteiger partial charge on any atom is 0.198 e. The van der Waals surface area contributed by atoms with Crippen molar-refractivity contribution in [3.8, 4) is 0 Å². The quantitative estimate of drug-likeness (QED) is 0.681. The Bertz CT molecular complexity index is 550.